The van der Waals surface area contributed by atoms with Crippen LogP contribution in [0.2, 0.25) is 0 Å². The van der Waals surface area contributed by atoms with Crippen molar-refractivity contribution in [2.24, 2.45) is 5.92 Å². The second kappa shape index (κ2) is 12.0. The Labute approximate surface area is 214 Å². The minimum Gasteiger partial charge on any atom is -0.480 e. The van der Waals surface area contributed by atoms with Crippen molar-refractivity contribution < 1.29 is 28.3 Å². The smallest absolute Gasteiger partial charge is 0.326 e. The highest BCUT2D eigenvalue weighted by Crippen LogP contribution is 2.34. The predicted octanol–water partition coefficient (Wildman–Crippen LogP) is 4.59. The molecule has 0 saturated carbocycles. The average Bonchev–Trinajstić information content (AvgIpc) is 3.17. The molecule has 1 heterocycles. The van der Waals surface area contributed by atoms with Gasteiger partial charge in [0.2, 0.25) is 5.91 Å². The Morgan fingerprint density at radius 1 is 1.20 bits per heavy atom. The number of esters is 1. The number of aliphatic carboxylic acids is 1. The summed E-state index contributed by atoms with van der Waals surface area (Å²) in [5.41, 5.74) is 0.949. The van der Waals surface area contributed by atoms with Crippen LogP contribution in [0.5, 0.6) is 0 Å². The largest absolute Gasteiger partial charge is 0.480 e. The first kappa shape index (κ1) is 24.3. The molecule has 4 atom stereocenters. The lowest BCUT2D eigenvalue weighted by atomic mass is 9.91. The van der Waals surface area contributed by atoms with Gasteiger partial charge in [0.25, 0.3) is 0 Å². The van der Waals surface area contributed by atoms with Crippen LogP contribution in [0.15, 0.2) is 18.1 Å². The number of hydrogen-bond acceptors (Lipinski definition) is 5. The molecule has 1 aromatic carbocycles. The van der Waals surface area contributed by atoms with Gasteiger partial charge in [-0.15, -0.1) is 0 Å². The van der Waals surface area contributed by atoms with Crippen molar-refractivity contribution in [1.29, 1.82) is 0 Å². The van der Waals surface area contributed by atoms with Gasteiger partial charge in [-0.25, -0.2) is 4.79 Å². The number of likely N-dealkylation sites (tertiary alicyclic amines) is 1. The zero-order valence-electron chi connectivity index (χ0n) is 25.4. The topological polar surface area (TPSA) is 95.9 Å². The van der Waals surface area contributed by atoms with Crippen molar-refractivity contribution in [1.82, 2.24) is 10.2 Å². The highest BCUT2D eigenvalue weighted by Gasteiger charge is 2.47. The zero-order chi connectivity index (χ0) is 29.1. The number of carbonyl (C=O) groups excluding carboxylic acids is 2. The highest BCUT2D eigenvalue weighted by molar-refractivity contribution is 5.89. The third-order valence-corrected chi connectivity index (χ3v) is 6.82. The second-order valence-electron chi connectivity index (χ2n) is 10.8. The van der Waals surface area contributed by atoms with Crippen LogP contribution in [0.25, 0.3) is 0 Å². The van der Waals surface area contributed by atoms with Crippen molar-refractivity contribution in [2.45, 2.75) is 111 Å². The molecule has 0 bridgehead atoms. The number of carboxylic acid groups (broad SMARTS) is 1. The number of nitrogens with one attached hydrogen (secondary N) is 1. The Bertz CT molecular complexity index is 1030. The molecule has 2 rings (SSSR count). The fourth-order valence-electron chi connectivity index (χ4n) is 4.50. The summed E-state index contributed by atoms with van der Waals surface area (Å²) in [5.74, 6) is -2.32. The van der Waals surface area contributed by atoms with E-state index in [-0.39, 0.29) is 43.0 Å². The van der Waals surface area contributed by atoms with Crippen molar-refractivity contribution in [3.8, 4) is 0 Å². The molecule has 1 saturated heterocycles. The van der Waals surface area contributed by atoms with E-state index >= 15 is 0 Å². The van der Waals surface area contributed by atoms with Crippen LogP contribution in [-0.4, -0.2) is 58.1 Å². The molecule has 1 unspecified atom stereocenters. The number of benzene rings is 1. The Hall–Kier alpha value is -2.41. The summed E-state index contributed by atoms with van der Waals surface area (Å²) in [4.78, 5) is 40.2. The van der Waals surface area contributed by atoms with Gasteiger partial charge in [-0.05, 0) is 81.9 Å². The van der Waals surface area contributed by atoms with Gasteiger partial charge in [-0.1, -0.05) is 45.8 Å². The maximum Gasteiger partial charge on any atom is 0.326 e. The molecule has 2 N–H and O–H groups in total. The standard InChI is InChI=1S/C28H44N2O5/c1-9-22(25(31)30-24(26(32)33)12-13-28(30,7)8)29-23(27(34)35-16-17(2)3)15-20(6)21-11-10-18(4)19(5)14-21/h10-11,14,17,20,22-24,29H,9,12-13,15-16H2,1-8H3,(H,32,33)/t20?,22-,23-,24-/m0/s1/i10D,11D,14D. The number of hydrogen-bond donors (Lipinski definition) is 2. The van der Waals surface area contributed by atoms with E-state index in [1.807, 2.05) is 27.7 Å². The Morgan fingerprint density at radius 2 is 1.86 bits per heavy atom. The fraction of sp³-hybridized carbons (Fsp3) is 0.679. The molecule has 7 nitrogen and oxygen atoms in total. The Balaban J connectivity index is 2.41. The van der Waals surface area contributed by atoms with Crippen LogP contribution in [0.3, 0.4) is 0 Å². The van der Waals surface area contributed by atoms with Gasteiger partial charge in [0.15, 0.2) is 0 Å². The SMILES string of the molecule is [2H]c1c([2H])c(C(C)C[C@H](N[C@@H](CC)C(=O)N2[C@H](C(=O)O)CCC2(C)C)C(=O)OCC(C)C)c([2H])c(C)c1C. The van der Waals surface area contributed by atoms with Crippen molar-refractivity contribution in [2.75, 3.05) is 6.61 Å². The summed E-state index contributed by atoms with van der Waals surface area (Å²) in [6, 6.07) is -2.48. The number of carboxylic acids is 1. The number of ether oxygens (including phenoxy) is 1. The van der Waals surface area contributed by atoms with Gasteiger partial charge in [0.1, 0.15) is 12.1 Å². The van der Waals surface area contributed by atoms with Gasteiger partial charge in [-0.2, -0.15) is 0 Å². The van der Waals surface area contributed by atoms with E-state index in [0.717, 1.165) is 0 Å². The lowest BCUT2D eigenvalue weighted by Gasteiger charge is -2.37. The highest BCUT2D eigenvalue weighted by atomic mass is 16.5. The van der Waals surface area contributed by atoms with Gasteiger partial charge in [-0.3, -0.25) is 14.9 Å². The van der Waals surface area contributed by atoms with E-state index in [2.05, 4.69) is 5.32 Å². The van der Waals surface area contributed by atoms with E-state index < -0.39 is 41.5 Å². The molecule has 0 radical (unpaired) electrons. The lowest BCUT2D eigenvalue weighted by molar-refractivity contribution is -0.154. The molecular formula is C28H44N2O5. The molecule has 1 fully saturated rings. The first-order chi connectivity index (χ1) is 17.5. The number of nitrogens with zero attached hydrogens (tertiary/aromatic N) is 1. The summed E-state index contributed by atoms with van der Waals surface area (Å²) in [6.45, 7) is 14.8. The maximum atomic E-state index is 13.7. The third-order valence-electron chi connectivity index (χ3n) is 6.82. The van der Waals surface area contributed by atoms with Crippen LogP contribution in [-0.2, 0) is 19.1 Å². The third kappa shape index (κ3) is 7.29. The number of amides is 1. The average molecular weight is 492 g/mol. The normalized spacial score (nSPS) is 21.1. The first-order valence-corrected chi connectivity index (χ1v) is 12.6. The van der Waals surface area contributed by atoms with Crippen LogP contribution in [0, 0.1) is 19.8 Å². The van der Waals surface area contributed by atoms with Crippen LogP contribution >= 0.6 is 0 Å². The van der Waals surface area contributed by atoms with Gasteiger partial charge >= 0.3 is 11.9 Å². The first-order valence-electron chi connectivity index (χ1n) is 14.1. The Morgan fingerprint density at radius 3 is 2.43 bits per heavy atom. The number of carbonyl (C=O) groups is 3. The maximum absolute atomic E-state index is 13.7. The summed E-state index contributed by atoms with van der Waals surface area (Å²) in [5, 5.41) is 12.9. The van der Waals surface area contributed by atoms with E-state index in [1.54, 1.807) is 27.7 Å². The summed E-state index contributed by atoms with van der Waals surface area (Å²) in [6.07, 6.45) is 1.39. The molecule has 1 amide bonds. The molecule has 35 heavy (non-hydrogen) atoms. The van der Waals surface area contributed by atoms with Crippen molar-refractivity contribution >= 4 is 17.8 Å². The fourth-order valence-corrected chi connectivity index (χ4v) is 4.50. The van der Waals surface area contributed by atoms with E-state index in [0.29, 0.717) is 36.0 Å². The van der Waals surface area contributed by atoms with Crippen LogP contribution < -0.4 is 5.32 Å². The summed E-state index contributed by atoms with van der Waals surface area (Å²) < 4.78 is 30.9. The predicted molar refractivity (Wildman–Crippen MR) is 137 cm³/mol. The summed E-state index contributed by atoms with van der Waals surface area (Å²) >= 11 is 0. The number of rotatable bonds is 11. The monoisotopic (exact) mass is 491 g/mol. The van der Waals surface area contributed by atoms with Gasteiger partial charge in [0.05, 0.1) is 16.8 Å². The molecule has 0 aromatic heterocycles. The van der Waals surface area contributed by atoms with Gasteiger partial charge < -0.3 is 14.7 Å². The second-order valence-corrected chi connectivity index (χ2v) is 10.8. The van der Waals surface area contributed by atoms with E-state index in [4.69, 9.17) is 8.85 Å². The van der Waals surface area contributed by atoms with Gasteiger partial charge in [0, 0.05) is 5.54 Å². The Kier molecular flexibility index (Phi) is 8.34. The van der Waals surface area contributed by atoms with Crippen molar-refractivity contribution in [3.63, 3.8) is 0 Å². The molecule has 1 aromatic rings. The molecule has 0 aliphatic carbocycles. The molecule has 7 heteroatoms. The molecule has 0 spiro atoms. The molecular weight excluding hydrogens is 444 g/mol. The molecule has 1 aliphatic heterocycles. The molecule has 196 valence electrons. The molecule has 1 aliphatic rings. The van der Waals surface area contributed by atoms with Crippen LogP contribution in [0.4, 0.5) is 0 Å². The summed E-state index contributed by atoms with van der Waals surface area (Å²) in [7, 11) is 0. The quantitative estimate of drug-likeness (QED) is 0.440. The van der Waals surface area contributed by atoms with Crippen molar-refractivity contribution in [3.05, 3.63) is 34.8 Å². The van der Waals surface area contributed by atoms with Crippen LogP contribution in [0.1, 0.15) is 93.9 Å². The minimum atomic E-state index is -1.05. The van der Waals surface area contributed by atoms with E-state index in [9.17, 15) is 19.5 Å². The minimum absolute atomic E-state index is 0.0360. The van der Waals surface area contributed by atoms with E-state index in [1.165, 1.54) is 4.90 Å². The zero-order valence-corrected chi connectivity index (χ0v) is 22.4. The lowest BCUT2D eigenvalue weighted by Crippen LogP contribution is -2.58.